The number of likely N-dealkylation sites (tertiary alicyclic amines) is 1. The minimum absolute atomic E-state index is 0.0198. The molecule has 2 rings (SSSR count). The second kappa shape index (κ2) is 9.15. The minimum atomic E-state index is -0.784. The number of nitrogens with zero attached hydrogens (tertiary/aromatic N) is 2. The van der Waals surface area contributed by atoms with Gasteiger partial charge in [-0.05, 0) is 43.7 Å². The Bertz CT molecular complexity index is 557. The van der Waals surface area contributed by atoms with E-state index in [1.165, 1.54) is 0 Å². The number of benzene rings is 1. The molecule has 0 radical (unpaired) electrons. The highest BCUT2D eigenvalue weighted by Gasteiger charge is 2.25. The second-order valence-electron chi connectivity index (χ2n) is 6.02. The highest BCUT2D eigenvalue weighted by molar-refractivity contribution is 9.10. The summed E-state index contributed by atoms with van der Waals surface area (Å²) in [5.41, 5.74) is 0.789. The third-order valence-electron chi connectivity index (χ3n) is 4.31. The molecule has 6 nitrogen and oxygen atoms in total. The zero-order valence-electron chi connectivity index (χ0n) is 13.9. The van der Waals surface area contributed by atoms with Crippen LogP contribution in [0.4, 0.5) is 5.69 Å². The summed E-state index contributed by atoms with van der Waals surface area (Å²) in [6.07, 6.45) is 1.79. The Morgan fingerprint density at radius 3 is 2.46 bits per heavy atom. The van der Waals surface area contributed by atoms with Gasteiger partial charge in [0.2, 0.25) is 5.91 Å². The molecule has 2 N–H and O–H groups in total. The first-order chi connectivity index (χ1) is 11.5. The highest BCUT2D eigenvalue weighted by Crippen LogP contribution is 2.17. The lowest BCUT2D eigenvalue weighted by molar-refractivity contribution is -0.139. The van der Waals surface area contributed by atoms with Crippen LogP contribution in [-0.2, 0) is 9.59 Å². The van der Waals surface area contributed by atoms with Crippen molar-refractivity contribution in [2.24, 2.45) is 0 Å². The summed E-state index contributed by atoms with van der Waals surface area (Å²) < 4.78 is 0.976. The summed E-state index contributed by atoms with van der Waals surface area (Å²) in [7, 11) is 0. The first-order valence-corrected chi connectivity index (χ1v) is 9.01. The van der Waals surface area contributed by atoms with E-state index in [1.54, 1.807) is 0 Å². The van der Waals surface area contributed by atoms with E-state index in [0.29, 0.717) is 6.54 Å². The van der Waals surface area contributed by atoms with Gasteiger partial charge in [0.05, 0.1) is 13.1 Å². The normalized spacial score (nSPS) is 16.3. The maximum Gasteiger partial charge on any atom is 0.317 e. The first kappa shape index (κ1) is 18.9. The molecule has 0 unspecified atom stereocenters. The molecule has 0 aliphatic carbocycles. The van der Waals surface area contributed by atoms with Gasteiger partial charge >= 0.3 is 5.97 Å². The number of carboxylic acids is 1. The Morgan fingerprint density at radius 1 is 1.29 bits per heavy atom. The molecule has 7 heteroatoms. The van der Waals surface area contributed by atoms with Crippen LogP contribution in [0.25, 0.3) is 0 Å². The van der Waals surface area contributed by atoms with E-state index in [2.05, 4.69) is 26.1 Å². The molecule has 0 bridgehead atoms. The SMILES string of the molecule is CCN(CC(=O)O)C1CCN(CC(=O)Nc2ccc(Br)cc2)CC1. The number of hydrogen-bond acceptors (Lipinski definition) is 4. The van der Waals surface area contributed by atoms with Crippen LogP contribution in [0.15, 0.2) is 28.7 Å². The van der Waals surface area contributed by atoms with Gasteiger partial charge in [0.25, 0.3) is 0 Å². The van der Waals surface area contributed by atoms with Crippen LogP contribution in [0.5, 0.6) is 0 Å². The van der Waals surface area contributed by atoms with Gasteiger partial charge in [0, 0.05) is 29.3 Å². The molecule has 0 spiro atoms. The predicted molar refractivity (Wildman–Crippen MR) is 97.1 cm³/mol. The quantitative estimate of drug-likeness (QED) is 0.737. The van der Waals surface area contributed by atoms with Crippen LogP contribution in [0.3, 0.4) is 0 Å². The van der Waals surface area contributed by atoms with Crippen LogP contribution >= 0.6 is 15.9 Å². The molecular formula is C17H24BrN3O3. The Morgan fingerprint density at radius 2 is 1.92 bits per heavy atom. The van der Waals surface area contributed by atoms with E-state index in [4.69, 9.17) is 5.11 Å². The van der Waals surface area contributed by atoms with E-state index in [9.17, 15) is 9.59 Å². The molecular weight excluding hydrogens is 374 g/mol. The molecule has 1 aliphatic heterocycles. The van der Waals surface area contributed by atoms with Crippen molar-refractivity contribution < 1.29 is 14.7 Å². The lowest BCUT2D eigenvalue weighted by Crippen LogP contribution is -2.48. The Balaban J connectivity index is 1.76. The largest absolute Gasteiger partial charge is 0.480 e. The lowest BCUT2D eigenvalue weighted by atomic mass is 10.0. The first-order valence-electron chi connectivity index (χ1n) is 8.21. The predicted octanol–water partition coefficient (Wildman–Crippen LogP) is 2.26. The van der Waals surface area contributed by atoms with Crippen molar-refractivity contribution in [1.29, 1.82) is 0 Å². The molecule has 132 valence electrons. The van der Waals surface area contributed by atoms with E-state index < -0.39 is 5.97 Å². The van der Waals surface area contributed by atoms with Crippen LogP contribution in [-0.4, -0.2) is 65.5 Å². The molecule has 1 aromatic carbocycles. The van der Waals surface area contributed by atoms with Gasteiger partial charge in [-0.25, -0.2) is 0 Å². The summed E-state index contributed by atoms with van der Waals surface area (Å²) >= 11 is 3.37. The minimum Gasteiger partial charge on any atom is -0.480 e. The zero-order valence-corrected chi connectivity index (χ0v) is 15.5. The number of carbonyl (C=O) groups is 2. The van der Waals surface area contributed by atoms with Gasteiger partial charge in [-0.2, -0.15) is 0 Å². The maximum atomic E-state index is 12.1. The van der Waals surface area contributed by atoms with Crippen LogP contribution in [0.2, 0.25) is 0 Å². The number of nitrogens with one attached hydrogen (secondary N) is 1. The fourth-order valence-electron chi connectivity index (χ4n) is 3.05. The van der Waals surface area contributed by atoms with Crippen LogP contribution in [0.1, 0.15) is 19.8 Å². The Hall–Kier alpha value is -1.44. The average molecular weight is 398 g/mol. The van der Waals surface area contributed by atoms with E-state index in [0.717, 1.165) is 42.6 Å². The van der Waals surface area contributed by atoms with E-state index in [-0.39, 0.29) is 18.5 Å². The van der Waals surface area contributed by atoms with Crippen molar-refractivity contribution in [1.82, 2.24) is 9.80 Å². The topological polar surface area (TPSA) is 72.9 Å². The van der Waals surface area contributed by atoms with Gasteiger partial charge in [-0.1, -0.05) is 22.9 Å². The average Bonchev–Trinajstić information content (AvgIpc) is 2.55. The maximum absolute atomic E-state index is 12.1. The van der Waals surface area contributed by atoms with Crippen molar-refractivity contribution in [3.63, 3.8) is 0 Å². The molecule has 1 aliphatic rings. The summed E-state index contributed by atoms with van der Waals surface area (Å²) in [6.45, 7) is 4.81. The second-order valence-corrected chi connectivity index (χ2v) is 6.93. The van der Waals surface area contributed by atoms with Gasteiger partial charge in [0.15, 0.2) is 0 Å². The van der Waals surface area contributed by atoms with Gasteiger partial charge in [-0.15, -0.1) is 0 Å². The standard InChI is InChI=1S/C17H24BrN3O3/c1-2-21(12-17(23)24)15-7-9-20(10-8-15)11-16(22)19-14-5-3-13(18)4-6-14/h3-6,15H,2,7-12H2,1H3,(H,19,22)(H,23,24). The Kier molecular flexibility index (Phi) is 7.20. The monoisotopic (exact) mass is 397 g/mol. The van der Waals surface area contributed by atoms with Gasteiger partial charge < -0.3 is 10.4 Å². The van der Waals surface area contributed by atoms with Crippen LogP contribution < -0.4 is 5.32 Å². The number of carboxylic acid groups (broad SMARTS) is 1. The number of amides is 1. The molecule has 1 saturated heterocycles. The number of carbonyl (C=O) groups excluding carboxylic acids is 1. The number of halogens is 1. The molecule has 0 atom stereocenters. The molecule has 0 saturated carbocycles. The summed E-state index contributed by atoms with van der Waals surface area (Å²) in [5.74, 6) is -0.804. The number of aliphatic carboxylic acids is 1. The molecule has 0 aromatic heterocycles. The van der Waals surface area contributed by atoms with E-state index in [1.807, 2.05) is 36.1 Å². The summed E-state index contributed by atoms with van der Waals surface area (Å²) in [4.78, 5) is 27.2. The van der Waals surface area contributed by atoms with E-state index >= 15 is 0 Å². The van der Waals surface area contributed by atoms with Crippen molar-refractivity contribution in [3.05, 3.63) is 28.7 Å². The van der Waals surface area contributed by atoms with Gasteiger partial charge in [0.1, 0.15) is 0 Å². The molecule has 1 amide bonds. The van der Waals surface area contributed by atoms with Crippen molar-refractivity contribution in [3.8, 4) is 0 Å². The van der Waals surface area contributed by atoms with Crippen molar-refractivity contribution in [2.45, 2.75) is 25.8 Å². The Labute approximate surface area is 150 Å². The fourth-order valence-corrected chi connectivity index (χ4v) is 3.32. The zero-order chi connectivity index (χ0) is 17.5. The molecule has 1 heterocycles. The smallest absolute Gasteiger partial charge is 0.317 e. The van der Waals surface area contributed by atoms with Crippen molar-refractivity contribution in [2.75, 3.05) is 38.0 Å². The molecule has 1 aromatic rings. The number of likely N-dealkylation sites (N-methyl/N-ethyl adjacent to an activating group) is 1. The number of rotatable bonds is 7. The van der Waals surface area contributed by atoms with Crippen molar-refractivity contribution >= 4 is 33.5 Å². The molecule has 24 heavy (non-hydrogen) atoms. The fraction of sp³-hybridized carbons (Fsp3) is 0.529. The summed E-state index contributed by atoms with van der Waals surface area (Å²) in [6, 6.07) is 7.79. The third-order valence-corrected chi connectivity index (χ3v) is 4.84. The number of anilines is 1. The third kappa shape index (κ3) is 5.89. The summed E-state index contributed by atoms with van der Waals surface area (Å²) in [5, 5.41) is 11.9. The lowest BCUT2D eigenvalue weighted by Gasteiger charge is -2.37. The highest BCUT2D eigenvalue weighted by atomic mass is 79.9. The van der Waals surface area contributed by atoms with Crippen LogP contribution in [0, 0.1) is 0 Å². The van der Waals surface area contributed by atoms with Gasteiger partial charge in [-0.3, -0.25) is 19.4 Å². The number of piperidine rings is 1. The molecule has 1 fully saturated rings. The number of hydrogen-bond donors (Lipinski definition) is 2.